The molecule has 7 heteroatoms. The quantitative estimate of drug-likeness (QED) is 0.784. The molecule has 0 aliphatic rings. The average Bonchev–Trinajstić information content (AvgIpc) is 2.65. The van der Waals surface area contributed by atoms with Crippen LogP contribution in [0.25, 0.3) is 0 Å². The molecule has 2 N–H and O–H groups in total. The lowest BCUT2D eigenvalue weighted by Crippen LogP contribution is -2.20. The van der Waals surface area contributed by atoms with Crippen LogP contribution >= 0.6 is 11.3 Å². The summed E-state index contributed by atoms with van der Waals surface area (Å²) in [6, 6.07) is 0. The molecule has 0 unspecified atom stereocenters. The van der Waals surface area contributed by atoms with Crippen LogP contribution in [0.3, 0.4) is 0 Å². The molecule has 0 saturated carbocycles. The van der Waals surface area contributed by atoms with Gasteiger partial charge in [-0.3, -0.25) is 4.72 Å². The molecule has 1 aromatic rings. The number of nitrogens with zero attached hydrogens (tertiary/aromatic N) is 1. The van der Waals surface area contributed by atoms with E-state index < -0.39 is 10.0 Å². The van der Waals surface area contributed by atoms with Crippen LogP contribution in [0.4, 0.5) is 5.13 Å². The number of nitrogens with one attached hydrogen (secondary N) is 2. The zero-order chi connectivity index (χ0) is 13.8. The summed E-state index contributed by atoms with van der Waals surface area (Å²) in [6.07, 6.45) is 0.587. The Kier molecular flexibility index (Phi) is 5.12. The fraction of sp³-hybridized carbons (Fsp3) is 0.727. The standard InChI is InChI=1S/C11H21N3O2S2/c1-11(2,3)9-8-17-10(13-9)14-18(15,16)7-5-6-12-4/h8,12H,5-7H2,1-4H3,(H,13,14). The van der Waals surface area contributed by atoms with Crippen LogP contribution in [0.2, 0.25) is 0 Å². The fourth-order valence-electron chi connectivity index (χ4n) is 1.29. The molecule has 1 heterocycles. The number of hydrogen-bond acceptors (Lipinski definition) is 5. The summed E-state index contributed by atoms with van der Waals surface area (Å²) < 4.78 is 26.0. The van der Waals surface area contributed by atoms with Crippen LogP contribution in [-0.4, -0.2) is 32.7 Å². The van der Waals surface area contributed by atoms with Crippen molar-refractivity contribution in [2.75, 3.05) is 24.1 Å². The van der Waals surface area contributed by atoms with E-state index in [9.17, 15) is 8.42 Å². The Morgan fingerprint density at radius 2 is 2.06 bits per heavy atom. The minimum atomic E-state index is -3.28. The monoisotopic (exact) mass is 291 g/mol. The summed E-state index contributed by atoms with van der Waals surface area (Å²) in [4.78, 5) is 4.31. The Balaban J connectivity index is 2.64. The Hall–Kier alpha value is -0.660. The van der Waals surface area contributed by atoms with Crippen molar-refractivity contribution in [3.8, 4) is 0 Å². The molecule has 0 aliphatic heterocycles. The van der Waals surface area contributed by atoms with Gasteiger partial charge in [-0.05, 0) is 20.0 Å². The van der Waals surface area contributed by atoms with E-state index in [0.717, 1.165) is 5.69 Å². The van der Waals surface area contributed by atoms with E-state index in [1.54, 1.807) is 7.05 Å². The van der Waals surface area contributed by atoms with Crippen LogP contribution in [0.1, 0.15) is 32.9 Å². The second kappa shape index (κ2) is 5.99. The summed E-state index contributed by atoms with van der Waals surface area (Å²) in [5.74, 6) is 0.109. The summed E-state index contributed by atoms with van der Waals surface area (Å²) >= 11 is 1.33. The smallest absolute Gasteiger partial charge is 0.234 e. The highest BCUT2D eigenvalue weighted by Crippen LogP contribution is 2.26. The van der Waals surface area contributed by atoms with Crippen molar-refractivity contribution < 1.29 is 8.42 Å². The number of hydrogen-bond donors (Lipinski definition) is 2. The first kappa shape index (κ1) is 15.4. The van der Waals surface area contributed by atoms with Crippen LogP contribution in [0, 0.1) is 0 Å². The molecular weight excluding hydrogens is 270 g/mol. The summed E-state index contributed by atoms with van der Waals surface area (Å²) in [6.45, 7) is 6.83. The number of anilines is 1. The number of aromatic nitrogens is 1. The van der Waals surface area contributed by atoms with E-state index in [4.69, 9.17) is 0 Å². The minimum Gasteiger partial charge on any atom is -0.320 e. The van der Waals surface area contributed by atoms with Gasteiger partial charge in [-0.15, -0.1) is 11.3 Å². The average molecular weight is 291 g/mol. The van der Waals surface area contributed by atoms with Gasteiger partial charge in [-0.1, -0.05) is 20.8 Å². The zero-order valence-corrected chi connectivity index (χ0v) is 12.9. The molecule has 0 aromatic carbocycles. The van der Waals surface area contributed by atoms with Crippen molar-refractivity contribution in [1.82, 2.24) is 10.3 Å². The van der Waals surface area contributed by atoms with E-state index in [-0.39, 0.29) is 11.2 Å². The third kappa shape index (κ3) is 4.91. The second-order valence-electron chi connectivity index (χ2n) is 5.17. The van der Waals surface area contributed by atoms with E-state index in [2.05, 4.69) is 15.0 Å². The van der Waals surface area contributed by atoms with E-state index >= 15 is 0 Å². The van der Waals surface area contributed by atoms with Gasteiger partial charge in [0.25, 0.3) is 0 Å². The highest BCUT2D eigenvalue weighted by Gasteiger charge is 2.19. The van der Waals surface area contributed by atoms with Crippen molar-refractivity contribution >= 4 is 26.5 Å². The Labute approximate surface area is 113 Å². The lowest BCUT2D eigenvalue weighted by molar-refractivity contribution is 0.573. The van der Waals surface area contributed by atoms with Crippen molar-refractivity contribution in [1.29, 1.82) is 0 Å². The normalized spacial score (nSPS) is 12.7. The molecule has 0 saturated heterocycles. The lowest BCUT2D eigenvalue weighted by Gasteiger charge is -2.14. The zero-order valence-electron chi connectivity index (χ0n) is 11.3. The first-order valence-electron chi connectivity index (χ1n) is 5.86. The Morgan fingerprint density at radius 1 is 1.39 bits per heavy atom. The van der Waals surface area contributed by atoms with E-state index in [1.165, 1.54) is 11.3 Å². The second-order valence-corrected chi connectivity index (χ2v) is 7.87. The molecule has 5 nitrogen and oxygen atoms in total. The van der Waals surface area contributed by atoms with Crippen molar-refractivity contribution in [2.45, 2.75) is 32.6 Å². The summed E-state index contributed by atoms with van der Waals surface area (Å²) in [5.41, 5.74) is 0.840. The number of thiazole rings is 1. The van der Waals surface area contributed by atoms with Crippen LogP contribution in [0.5, 0.6) is 0 Å². The topological polar surface area (TPSA) is 71.1 Å². The highest BCUT2D eigenvalue weighted by molar-refractivity contribution is 7.92. The van der Waals surface area contributed by atoms with Crippen LogP contribution in [-0.2, 0) is 15.4 Å². The maximum absolute atomic E-state index is 11.8. The number of rotatable bonds is 6. The fourth-order valence-corrected chi connectivity index (χ4v) is 3.58. The van der Waals surface area contributed by atoms with Crippen molar-refractivity contribution in [3.05, 3.63) is 11.1 Å². The van der Waals surface area contributed by atoms with Gasteiger partial charge in [0, 0.05) is 10.8 Å². The summed E-state index contributed by atoms with van der Waals surface area (Å²) in [5, 5.41) is 5.27. The third-order valence-corrected chi connectivity index (χ3v) is 4.57. The molecule has 104 valence electrons. The number of sulfonamides is 1. The van der Waals surface area contributed by atoms with Gasteiger partial charge < -0.3 is 5.32 Å². The largest absolute Gasteiger partial charge is 0.320 e. The molecule has 1 rings (SSSR count). The van der Waals surface area contributed by atoms with Crippen molar-refractivity contribution in [3.63, 3.8) is 0 Å². The van der Waals surface area contributed by atoms with Gasteiger partial charge in [0.1, 0.15) is 0 Å². The first-order chi connectivity index (χ1) is 8.24. The Morgan fingerprint density at radius 3 is 2.56 bits per heavy atom. The van der Waals surface area contributed by atoms with Crippen LogP contribution < -0.4 is 10.0 Å². The molecular formula is C11H21N3O2S2. The van der Waals surface area contributed by atoms with Crippen molar-refractivity contribution in [2.24, 2.45) is 0 Å². The minimum absolute atomic E-state index is 0.0632. The van der Waals surface area contributed by atoms with Gasteiger partial charge in [-0.25, -0.2) is 13.4 Å². The molecule has 0 spiro atoms. The molecule has 0 bridgehead atoms. The molecule has 0 atom stereocenters. The van der Waals surface area contributed by atoms with Crippen LogP contribution in [0.15, 0.2) is 5.38 Å². The highest BCUT2D eigenvalue weighted by atomic mass is 32.2. The molecule has 0 radical (unpaired) electrons. The molecule has 1 aromatic heterocycles. The predicted octanol–water partition coefficient (Wildman–Crippen LogP) is 1.79. The van der Waals surface area contributed by atoms with Gasteiger partial charge in [0.15, 0.2) is 5.13 Å². The predicted molar refractivity (Wildman–Crippen MR) is 76.8 cm³/mol. The molecule has 0 amide bonds. The molecule has 18 heavy (non-hydrogen) atoms. The third-order valence-electron chi connectivity index (χ3n) is 2.36. The maximum atomic E-state index is 11.8. The van der Waals surface area contributed by atoms with E-state index in [0.29, 0.717) is 18.1 Å². The SMILES string of the molecule is CNCCCS(=O)(=O)Nc1nc(C(C)(C)C)cs1. The maximum Gasteiger partial charge on any atom is 0.234 e. The molecule has 0 fully saturated rings. The lowest BCUT2D eigenvalue weighted by atomic mass is 9.93. The van der Waals surface area contributed by atoms with Gasteiger partial charge in [0.05, 0.1) is 11.4 Å². The van der Waals surface area contributed by atoms with Gasteiger partial charge in [-0.2, -0.15) is 0 Å². The van der Waals surface area contributed by atoms with Gasteiger partial charge in [0.2, 0.25) is 10.0 Å². The molecule has 0 aliphatic carbocycles. The first-order valence-corrected chi connectivity index (χ1v) is 8.39. The van der Waals surface area contributed by atoms with E-state index in [1.807, 2.05) is 26.2 Å². The van der Waals surface area contributed by atoms with Gasteiger partial charge >= 0.3 is 0 Å². The summed E-state index contributed by atoms with van der Waals surface area (Å²) in [7, 11) is -1.48. The Bertz CT molecular complexity index is 475.